The SMILES string of the molecule is COC1(C(=O)NCc2ccc(CN3CCCCCC3)cc2)CCNCC1.Cl.Cl. The fraction of sp³-hybridized carbons (Fsp3) is 0.667. The van der Waals surface area contributed by atoms with Crippen LogP contribution in [0.4, 0.5) is 0 Å². The van der Waals surface area contributed by atoms with Gasteiger partial charge < -0.3 is 15.4 Å². The van der Waals surface area contributed by atoms with Gasteiger partial charge in [-0.2, -0.15) is 0 Å². The van der Waals surface area contributed by atoms with Crippen LogP contribution in [0.15, 0.2) is 24.3 Å². The van der Waals surface area contributed by atoms with Crippen LogP contribution in [-0.2, 0) is 22.6 Å². The first-order chi connectivity index (χ1) is 12.7. The standard InChI is InChI=1S/C21H33N3O2.2ClH/c1-26-21(10-12-22-13-11-21)20(25)23-16-18-6-8-19(9-7-18)17-24-14-4-2-3-5-15-24;;/h6-9,22H,2-5,10-17H2,1H3,(H,23,25);2*1H. The minimum absolute atomic E-state index is 0. The largest absolute Gasteiger partial charge is 0.368 e. The molecule has 2 N–H and O–H groups in total. The number of piperidine rings is 1. The van der Waals surface area contributed by atoms with Crippen LogP contribution >= 0.6 is 24.8 Å². The van der Waals surface area contributed by atoms with Crippen LogP contribution in [0.2, 0.25) is 0 Å². The van der Waals surface area contributed by atoms with Gasteiger partial charge in [0.15, 0.2) is 0 Å². The average molecular weight is 432 g/mol. The second-order valence-corrected chi connectivity index (χ2v) is 7.64. The van der Waals surface area contributed by atoms with Gasteiger partial charge in [-0.1, -0.05) is 37.1 Å². The van der Waals surface area contributed by atoms with Crippen molar-refractivity contribution < 1.29 is 9.53 Å². The van der Waals surface area contributed by atoms with E-state index in [1.165, 1.54) is 44.3 Å². The van der Waals surface area contributed by atoms with E-state index in [2.05, 4.69) is 39.8 Å². The molecule has 160 valence electrons. The number of methoxy groups -OCH3 is 1. The normalized spacial score (nSPS) is 19.6. The Kier molecular flexibility index (Phi) is 11.4. The van der Waals surface area contributed by atoms with Gasteiger partial charge >= 0.3 is 0 Å². The van der Waals surface area contributed by atoms with Gasteiger partial charge in [-0.25, -0.2) is 0 Å². The Morgan fingerprint density at radius 3 is 2.18 bits per heavy atom. The second-order valence-electron chi connectivity index (χ2n) is 7.64. The van der Waals surface area contributed by atoms with E-state index in [4.69, 9.17) is 4.74 Å². The second kappa shape index (κ2) is 12.7. The number of ether oxygens (including phenoxy) is 1. The summed E-state index contributed by atoms with van der Waals surface area (Å²) in [6, 6.07) is 8.66. The molecule has 2 saturated heterocycles. The van der Waals surface area contributed by atoms with Crippen molar-refractivity contribution in [3.05, 3.63) is 35.4 Å². The number of carbonyl (C=O) groups excluding carboxylic acids is 1. The smallest absolute Gasteiger partial charge is 0.252 e. The number of hydrogen-bond acceptors (Lipinski definition) is 4. The van der Waals surface area contributed by atoms with Gasteiger partial charge in [0.05, 0.1) is 0 Å². The summed E-state index contributed by atoms with van der Waals surface area (Å²) in [5, 5.41) is 6.35. The number of likely N-dealkylation sites (tertiary alicyclic amines) is 1. The maximum Gasteiger partial charge on any atom is 0.252 e. The maximum atomic E-state index is 12.6. The van der Waals surface area contributed by atoms with Crippen molar-refractivity contribution >= 4 is 30.7 Å². The highest BCUT2D eigenvalue weighted by Crippen LogP contribution is 2.22. The summed E-state index contributed by atoms with van der Waals surface area (Å²) < 4.78 is 5.59. The number of halogens is 2. The Hall–Kier alpha value is -0.850. The van der Waals surface area contributed by atoms with E-state index in [9.17, 15) is 4.79 Å². The van der Waals surface area contributed by atoms with E-state index < -0.39 is 5.60 Å². The van der Waals surface area contributed by atoms with E-state index in [0.29, 0.717) is 6.54 Å². The fourth-order valence-corrected chi connectivity index (χ4v) is 4.01. The molecule has 2 aliphatic rings. The van der Waals surface area contributed by atoms with Crippen molar-refractivity contribution in [2.24, 2.45) is 0 Å². The Bertz CT molecular complexity index is 570. The van der Waals surface area contributed by atoms with Crippen LogP contribution in [0.5, 0.6) is 0 Å². The molecule has 2 fully saturated rings. The molecule has 0 bridgehead atoms. The monoisotopic (exact) mass is 431 g/mol. The van der Waals surface area contributed by atoms with Crippen molar-refractivity contribution in [2.75, 3.05) is 33.3 Å². The van der Waals surface area contributed by atoms with Gasteiger partial charge in [-0.3, -0.25) is 9.69 Å². The molecule has 28 heavy (non-hydrogen) atoms. The lowest BCUT2D eigenvalue weighted by molar-refractivity contribution is -0.146. The molecule has 3 rings (SSSR count). The van der Waals surface area contributed by atoms with Gasteiger partial charge in [0.25, 0.3) is 5.91 Å². The van der Waals surface area contributed by atoms with Crippen molar-refractivity contribution in [1.82, 2.24) is 15.5 Å². The lowest BCUT2D eigenvalue weighted by Gasteiger charge is -2.34. The minimum atomic E-state index is -0.669. The fourth-order valence-electron chi connectivity index (χ4n) is 4.01. The third-order valence-electron chi connectivity index (χ3n) is 5.80. The predicted molar refractivity (Wildman–Crippen MR) is 118 cm³/mol. The van der Waals surface area contributed by atoms with E-state index in [-0.39, 0.29) is 30.7 Å². The van der Waals surface area contributed by atoms with Crippen molar-refractivity contribution in [1.29, 1.82) is 0 Å². The number of rotatable bonds is 6. The maximum absolute atomic E-state index is 12.6. The van der Waals surface area contributed by atoms with Crippen LogP contribution < -0.4 is 10.6 Å². The zero-order valence-electron chi connectivity index (χ0n) is 16.9. The number of benzene rings is 1. The topological polar surface area (TPSA) is 53.6 Å². The zero-order valence-corrected chi connectivity index (χ0v) is 18.5. The predicted octanol–water partition coefficient (Wildman–Crippen LogP) is 3.29. The van der Waals surface area contributed by atoms with Gasteiger partial charge in [0.2, 0.25) is 0 Å². The van der Waals surface area contributed by atoms with Crippen molar-refractivity contribution in [2.45, 2.75) is 57.2 Å². The Labute approximate surface area is 181 Å². The lowest BCUT2D eigenvalue weighted by atomic mass is 9.91. The highest BCUT2D eigenvalue weighted by Gasteiger charge is 2.39. The molecule has 1 aromatic carbocycles. The number of hydrogen-bond donors (Lipinski definition) is 2. The molecule has 0 unspecified atom stereocenters. The van der Waals surface area contributed by atoms with Crippen LogP contribution in [0.25, 0.3) is 0 Å². The average Bonchev–Trinajstić information content (AvgIpc) is 2.96. The van der Waals surface area contributed by atoms with E-state index in [0.717, 1.165) is 38.0 Å². The first-order valence-corrected chi connectivity index (χ1v) is 10.1. The van der Waals surface area contributed by atoms with Crippen LogP contribution in [0.3, 0.4) is 0 Å². The number of carbonyl (C=O) groups is 1. The quantitative estimate of drug-likeness (QED) is 0.725. The zero-order chi connectivity index (χ0) is 18.2. The third-order valence-corrected chi connectivity index (χ3v) is 5.80. The summed E-state index contributed by atoms with van der Waals surface area (Å²) in [4.78, 5) is 15.2. The summed E-state index contributed by atoms with van der Waals surface area (Å²) >= 11 is 0. The Morgan fingerprint density at radius 1 is 1.04 bits per heavy atom. The summed E-state index contributed by atoms with van der Waals surface area (Å²) in [5.74, 6) is 0.00939. The minimum Gasteiger partial charge on any atom is -0.368 e. The Balaban J connectivity index is 0.00000196. The van der Waals surface area contributed by atoms with Crippen LogP contribution in [0, 0.1) is 0 Å². The molecular weight excluding hydrogens is 397 g/mol. The number of amides is 1. The summed E-state index contributed by atoms with van der Waals surface area (Å²) in [5.41, 5.74) is 1.82. The molecule has 0 atom stereocenters. The van der Waals surface area contributed by atoms with E-state index in [1.54, 1.807) is 7.11 Å². The molecule has 2 heterocycles. The molecule has 1 amide bonds. The first kappa shape index (κ1) is 25.2. The highest BCUT2D eigenvalue weighted by atomic mass is 35.5. The molecule has 0 aromatic heterocycles. The lowest BCUT2D eigenvalue weighted by Crippen LogP contribution is -2.53. The summed E-state index contributed by atoms with van der Waals surface area (Å²) in [6.45, 7) is 5.67. The highest BCUT2D eigenvalue weighted by molar-refractivity contribution is 5.86. The molecule has 0 aliphatic carbocycles. The molecule has 5 nitrogen and oxygen atoms in total. The van der Waals surface area contributed by atoms with Crippen LogP contribution in [-0.4, -0.2) is 49.7 Å². The summed E-state index contributed by atoms with van der Waals surface area (Å²) in [7, 11) is 1.64. The molecule has 7 heteroatoms. The number of nitrogens with one attached hydrogen (secondary N) is 2. The van der Waals surface area contributed by atoms with Gasteiger partial charge in [0.1, 0.15) is 5.60 Å². The van der Waals surface area contributed by atoms with Crippen molar-refractivity contribution in [3.8, 4) is 0 Å². The first-order valence-electron chi connectivity index (χ1n) is 10.1. The molecule has 1 aromatic rings. The molecule has 0 spiro atoms. The van der Waals surface area contributed by atoms with Crippen molar-refractivity contribution in [3.63, 3.8) is 0 Å². The summed E-state index contributed by atoms with van der Waals surface area (Å²) in [6.07, 6.45) is 6.83. The molecule has 0 saturated carbocycles. The van der Waals surface area contributed by atoms with E-state index in [1.807, 2.05) is 0 Å². The Morgan fingerprint density at radius 2 is 1.61 bits per heavy atom. The third kappa shape index (κ3) is 6.89. The molecule has 0 radical (unpaired) electrons. The number of nitrogens with zero attached hydrogens (tertiary/aromatic N) is 1. The molecular formula is C21H35Cl2N3O2. The van der Waals surface area contributed by atoms with Crippen LogP contribution in [0.1, 0.15) is 49.7 Å². The van der Waals surface area contributed by atoms with Gasteiger partial charge in [-0.05, 0) is 63.0 Å². The van der Waals surface area contributed by atoms with E-state index >= 15 is 0 Å². The van der Waals surface area contributed by atoms with Gasteiger partial charge in [-0.15, -0.1) is 24.8 Å². The van der Waals surface area contributed by atoms with Gasteiger partial charge in [0, 0.05) is 20.2 Å². The molecule has 2 aliphatic heterocycles.